The van der Waals surface area contributed by atoms with E-state index in [1.54, 1.807) is 18.3 Å². The number of nitrogens with one attached hydrogen (secondary N) is 3. The number of nitrogens with zero attached hydrogens (tertiary/aromatic N) is 2. The topological polar surface area (TPSA) is 96.0 Å². The molecule has 0 radical (unpaired) electrons. The van der Waals surface area contributed by atoms with E-state index in [9.17, 15) is 9.59 Å². The van der Waals surface area contributed by atoms with E-state index >= 15 is 0 Å². The van der Waals surface area contributed by atoms with Crippen LogP contribution in [0.4, 0.5) is 10.7 Å². The lowest BCUT2D eigenvalue weighted by atomic mass is 9.91. The molecule has 1 saturated heterocycles. The second-order valence-electron chi connectivity index (χ2n) is 8.49. The molecule has 2 heterocycles. The van der Waals surface area contributed by atoms with Crippen molar-refractivity contribution in [2.75, 3.05) is 5.32 Å². The van der Waals surface area contributed by atoms with Gasteiger partial charge in [-0.2, -0.15) is 0 Å². The molecule has 2 fully saturated rings. The zero-order valence-corrected chi connectivity index (χ0v) is 20.8. The molecule has 174 valence electrons. The molecular formula is C25H24BrN5O2S. The van der Waals surface area contributed by atoms with Crippen molar-refractivity contribution in [1.29, 1.82) is 0 Å². The first-order chi connectivity index (χ1) is 16.5. The Morgan fingerprint density at radius 3 is 2.65 bits per heavy atom. The Hall–Kier alpha value is -2.75. The molecule has 2 amide bonds. The Labute approximate surface area is 210 Å². The number of aromatic nitrogens is 2. The third kappa shape index (κ3) is 5.32. The highest BCUT2D eigenvalue weighted by Crippen LogP contribution is 2.29. The highest BCUT2D eigenvalue weighted by Gasteiger charge is 2.25. The van der Waals surface area contributed by atoms with Gasteiger partial charge >= 0.3 is 0 Å². The summed E-state index contributed by atoms with van der Waals surface area (Å²) in [5.41, 5.74) is 1.87. The van der Waals surface area contributed by atoms with Gasteiger partial charge in [0.15, 0.2) is 0 Å². The van der Waals surface area contributed by atoms with Crippen LogP contribution >= 0.6 is 27.7 Å². The Morgan fingerprint density at radius 2 is 1.85 bits per heavy atom. The lowest BCUT2D eigenvalue weighted by molar-refractivity contribution is -0.115. The molecule has 7 nitrogen and oxygen atoms in total. The largest absolute Gasteiger partial charge is 0.351 e. The first-order valence-electron chi connectivity index (χ1n) is 11.3. The minimum atomic E-state index is -0.385. The number of carbonyl (C=O) groups excluding carboxylic acids is 2. The van der Waals surface area contributed by atoms with Gasteiger partial charge in [0, 0.05) is 29.3 Å². The lowest BCUT2D eigenvalue weighted by Crippen LogP contribution is -2.37. The summed E-state index contributed by atoms with van der Waals surface area (Å²) < 4.78 is 1.17. The number of imide groups is 1. The molecule has 0 atom stereocenters. The number of fused-ring (bicyclic) bond motifs is 1. The van der Waals surface area contributed by atoms with Gasteiger partial charge in [-0.3, -0.25) is 14.9 Å². The average molecular weight is 538 g/mol. The van der Waals surface area contributed by atoms with Crippen molar-refractivity contribution in [1.82, 2.24) is 20.6 Å². The third-order valence-corrected chi connectivity index (χ3v) is 7.93. The molecule has 1 aliphatic carbocycles. The smallest absolute Gasteiger partial charge is 0.290 e. The first-order valence-corrected chi connectivity index (χ1v) is 12.9. The molecule has 1 aromatic heterocycles. The zero-order valence-electron chi connectivity index (χ0n) is 18.4. The minimum absolute atomic E-state index is 0.305. The van der Waals surface area contributed by atoms with Crippen molar-refractivity contribution in [3.8, 4) is 0 Å². The van der Waals surface area contributed by atoms with Crippen molar-refractivity contribution >= 4 is 61.6 Å². The number of anilines is 1. The number of benzene rings is 2. The van der Waals surface area contributed by atoms with Gasteiger partial charge in [0.25, 0.3) is 11.1 Å². The number of thioether (sulfide) groups is 1. The van der Waals surface area contributed by atoms with Crippen molar-refractivity contribution in [2.24, 2.45) is 0 Å². The third-order valence-electron chi connectivity index (χ3n) is 6.18. The van der Waals surface area contributed by atoms with E-state index in [2.05, 4.69) is 78.2 Å². The lowest BCUT2D eigenvalue weighted by Gasteiger charge is -2.30. The fourth-order valence-corrected chi connectivity index (χ4v) is 5.67. The van der Waals surface area contributed by atoms with Crippen molar-refractivity contribution in [3.63, 3.8) is 0 Å². The van der Waals surface area contributed by atoms with Crippen molar-refractivity contribution in [2.45, 2.75) is 44.3 Å². The van der Waals surface area contributed by atoms with Crippen molar-refractivity contribution in [3.05, 3.63) is 69.3 Å². The van der Waals surface area contributed by atoms with Gasteiger partial charge in [-0.1, -0.05) is 36.4 Å². The standard InChI is InChI=1S/C25H24BrN5O2S/c26-22-16(6-5-15-3-1-2-4-20(15)22)14-28-17-7-9-18(10-8-17)29-24-27-12-11-19(30-24)13-21-23(32)31-25(33)34-21/h1-6,11-13,17-18,28H,7-10,14H2,(H,27,29,30)(H,31,32,33)/b21-13-. The second-order valence-corrected chi connectivity index (χ2v) is 10.3. The van der Waals surface area contributed by atoms with Gasteiger partial charge < -0.3 is 10.6 Å². The fraction of sp³-hybridized carbons (Fsp3) is 0.280. The Bertz CT molecular complexity index is 1270. The molecule has 5 rings (SSSR count). The molecule has 0 spiro atoms. The maximum atomic E-state index is 11.8. The van der Waals surface area contributed by atoms with Crippen LogP contribution in [-0.4, -0.2) is 33.2 Å². The second kappa shape index (κ2) is 10.2. The monoisotopic (exact) mass is 537 g/mol. The van der Waals surface area contributed by atoms with E-state index in [1.807, 2.05) is 0 Å². The average Bonchev–Trinajstić information content (AvgIpc) is 3.16. The van der Waals surface area contributed by atoms with Gasteiger partial charge in [0.1, 0.15) is 0 Å². The summed E-state index contributed by atoms with van der Waals surface area (Å²) in [6.07, 6.45) is 7.48. The summed E-state index contributed by atoms with van der Waals surface area (Å²) in [6.45, 7) is 0.835. The maximum absolute atomic E-state index is 11.8. The summed E-state index contributed by atoms with van der Waals surface area (Å²) in [6, 6.07) is 15.3. The van der Waals surface area contributed by atoms with E-state index in [1.165, 1.54) is 20.8 Å². The normalized spacial score (nSPS) is 21.7. The SMILES string of the molecule is O=C1NC(=O)/C(=C/c2ccnc(NC3CCC(NCc4ccc5ccccc5c4Br)CC3)n2)S1. The van der Waals surface area contributed by atoms with E-state index in [-0.39, 0.29) is 11.1 Å². The number of carbonyl (C=O) groups is 2. The Kier molecular flexibility index (Phi) is 6.94. The quantitative estimate of drug-likeness (QED) is 0.370. The minimum Gasteiger partial charge on any atom is -0.351 e. The number of rotatable bonds is 6. The van der Waals surface area contributed by atoms with Gasteiger partial charge in [-0.05, 0) is 81.9 Å². The van der Waals surface area contributed by atoms with Gasteiger partial charge in [0.2, 0.25) is 5.95 Å². The number of hydrogen-bond acceptors (Lipinski definition) is 7. The van der Waals surface area contributed by atoms with Gasteiger partial charge in [-0.25, -0.2) is 9.97 Å². The number of hydrogen-bond donors (Lipinski definition) is 3. The van der Waals surface area contributed by atoms with Crippen LogP contribution in [0.25, 0.3) is 16.8 Å². The highest BCUT2D eigenvalue weighted by molar-refractivity contribution is 9.10. The first kappa shape index (κ1) is 23.0. The fourth-order valence-electron chi connectivity index (χ4n) is 4.37. The summed E-state index contributed by atoms with van der Waals surface area (Å²) in [4.78, 5) is 32.3. The number of amides is 2. The number of halogens is 1. The van der Waals surface area contributed by atoms with Crippen LogP contribution in [0.5, 0.6) is 0 Å². The predicted octanol–water partition coefficient (Wildman–Crippen LogP) is 5.23. The van der Waals surface area contributed by atoms with Crippen LogP contribution in [0.15, 0.2) is 58.0 Å². The molecule has 0 unspecified atom stereocenters. The molecule has 3 N–H and O–H groups in total. The van der Waals surface area contributed by atoms with Crippen LogP contribution in [0.1, 0.15) is 36.9 Å². The van der Waals surface area contributed by atoms with Crippen LogP contribution in [0.2, 0.25) is 0 Å². The molecular weight excluding hydrogens is 514 g/mol. The molecule has 0 bridgehead atoms. The van der Waals surface area contributed by atoms with Crippen molar-refractivity contribution < 1.29 is 9.59 Å². The molecule has 34 heavy (non-hydrogen) atoms. The van der Waals surface area contributed by atoms with E-state index in [4.69, 9.17) is 0 Å². The molecule has 9 heteroatoms. The molecule has 2 aromatic carbocycles. The summed E-state index contributed by atoms with van der Waals surface area (Å²) in [7, 11) is 0. The van der Waals surface area contributed by atoms with Crippen LogP contribution in [-0.2, 0) is 11.3 Å². The van der Waals surface area contributed by atoms with Crippen LogP contribution in [0, 0.1) is 0 Å². The van der Waals surface area contributed by atoms with E-state index in [0.717, 1.165) is 44.0 Å². The molecule has 1 aliphatic heterocycles. The Balaban J connectivity index is 1.14. The molecule has 3 aromatic rings. The van der Waals surface area contributed by atoms with E-state index < -0.39 is 0 Å². The summed E-state index contributed by atoms with van der Waals surface area (Å²) in [5.74, 6) is 0.158. The maximum Gasteiger partial charge on any atom is 0.290 e. The van der Waals surface area contributed by atoms with E-state index in [0.29, 0.717) is 28.6 Å². The van der Waals surface area contributed by atoms with Gasteiger partial charge in [-0.15, -0.1) is 0 Å². The Morgan fingerprint density at radius 1 is 1.06 bits per heavy atom. The predicted molar refractivity (Wildman–Crippen MR) is 139 cm³/mol. The zero-order chi connectivity index (χ0) is 23.5. The summed E-state index contributed by atoms with van der Waals surface area (Å²) >= 11 is 4.67. The molecule has 1 saturated carbocycles. The molecule has 2 aliphatic rings. The van der Waals surface area contributed by atoms with Crippen LogP contribution in [0.3, 0.4) is 0 Å². The van der Waals surface area contributed by atoms with Gasteiger partial charge in [0.05, 0.1) is 10.6 Å². The highest BCUT2D eigenvalue weighted by atomic mass is 79.9. The summed E-state index contributed by atoms with van der Waals surface area (Å²) in [5, 5.41) is 11.5. The van der Waals surface area contributed by atoms with Crippen LogP contribution < -0.4 is 16.0 Å².